The number of anilines is 1. The van der Waals surface area contributed by atoms with Gasteiger partial charge >= 0.3 is 11.7 Å². The zero-order valence-corrected chi connectivity index (χ0v) is 26.2. The summed E-state index contributed by atoms with van der Waals surface area (Å²) in [5.74, 6) is -2.67. The van der Waals surface area contributed by atoms with Gasteiger partial charge in [-0.3, -0.25) is 23.9 Å². The number of nitrogens with zero attached hydrogens (tertiary/aromatic N) is 3. The Kier molecular flexibility index (Phi) is 11.2. The number of carboxylic acid groups (broad SMARTS) is 1. The Bertz CT molecular complexity index is 1940. The highest BCUT2D eigenvalue weighted by molar-refractivity contribution is 7.22. The molecule has 0 bridgehead atoms. The third kappa shape index (κ3) is 7.38. The summed E-state index contributed by atoms with van der Waals surface area (Å²) in [6, 6.07) is 19.2. The van der Waals surface area contributed by atoms with Crippen molar-refractivity contribution in [2.75, 3.05) is 32.5 Å². The lowest BCUT2D eigenvalue weighted by Gasteiger charge is -2.16. The number of hydrogen-bond donors (Lipinski definition) is 3. The van der Waals surface area contributed by atoms with Crippen LogP contribution in [-0.2, 0) is 22.7 Å². The SMILES string of the molecule is CCNC=O.CNc1ccc(-c2sc3c(c2CN(C)CC(=O)O)c(=O)n(-c2ccccc2)c(=O)n3Cc2c(F)cccc2F)cc1. The van der Waals surface area contributed by atoms with Crippen LogP contribution in [0.1, 0.15) is 18.1 Å². The first-order chi connectivity index (χ1) is 22.1. The number of rotatable bonds is 11. The Labute approximate surface area is 267 Å². The van der Waals surface area contributed by atoms with E-state index in [1.54, 1.807) is 49.3 Å². The highest BCUT2D eigenvalue weighted by Crippen LogP contribution is 2.38. The number of para-hydroxylation sites is 1. The molecule has 0 fully saturated rings. The smallest absolute Gasteiger partial charge is 0.337 e. The number of amides is 1. The molecule has 13 heteroatoms. The van der Waals surface area contributed by atoms with Gasteiger partial charge < -0.3 is 15.7 Å². The maximum Gasteiger partial charge on any atom is 0.337 e. The van der Waals surface area contributed by atoms with Gasteiger partial charge in [0.05, 0.1) is 24.2 Å². The second-order valence-electron chi connectivity index (χ2n) is 10.2. The normalized spacial score (nSPS) is 10.8. The molecule has 2 aromatic heterocycles. The quantitative estimate of drug-likeness (QED) is 0.180. The molecule has 3 N–H and O–H groups in total. The summed E-state index contributed by atoms with van der Waals surface area (Å²) in [6.45, 7) is 1.93. The van der Waals surface area contributed by atoms with Gasteiger partial charge in [0.2, 0.25) is 6.41 Å². The largest absolute Gasteiger partial charge is 0.480 e. The minimum Gasteiger partial charge on any atom is -0.480 e. The van der Waals surface area contributed by atoms with Gasteiger partial charge in [-0.05, 0) is 61.5 Å². The van der Waals surface area contributed by atoms with Crippen molar-refractivity contribution in [3.05, 3.63) is 116 Å². The predicted molar refractivity (Wildman–Crippen MR) is 176 cm³/mol. The molecule has 0 aliphatic heterocycles. The van der Waals surface area contributed by atoms with Crippen LogP contribution in [0.15, 0.2) is 82.4 Å². The number of likely N-dealkylation sites (N-methyl/N-ethyl adjacent to an activating group) is 1. The van der Waals surface area contributed by atoms with Crippen molar-refractivity contribution in [1.82, 2.24) is 19.4 Å². The summed E-state index contributed by atoms with van der Waals surface area (Å²) < 4.78 is 31.8. The van der Waals surface area contributed by atoms with E-state index in [4.69, 9.17) is 0 Å². The Hall–Kier alpha value is -5.14. The number of thiophene rings is 1. The Morgan fingerprint density at radius 3 is 2.17 bits per heavy atom. The van der Waals surface area contributed by atoms with E-state index >= 15 is 0 Å². The van der Waals surface area contributed by atoms with E-state index in [1.807, 2.05) is 31.2 Å². The monoisotopic (exact) mass is 649 g/mol. The number of carboxylic acids is 1. The van der Waals surface area contributed by atoms with Crippen LogP contribution < -0.4 is 21.9 Å². The topological polar surface area (TPSA) is 126 Å². The van der Waals surface area contributed by atoms with Crippen molar-refractivity contribution >= 4 is 39.6 Å². The van der Waals surface area contributed by atoms with Crippen molar-refractivity contribution in [2.45, 2.75) is 20.0 Å². The van der Waals surface area contributed by atoms with Gasteiger partial charge in [0, 0.05) is 36.3 Å². The summed E-state index contributed by atoms with van der Waals surface area (Å²) in [7, 11) is 3.40. The van der Waals surface area contributed by atoms with E-state index in [9.17, 15) is 33.1 Å². The lowest BCUT2D eigenvalue weighted by atomic mass is 10.1. The van der Waals surface area contributed by atoms with Crippen molar-refractivity contribution in [3.63, 3.8) is 0 Å². The molecule has 240 valence electrons. The summed E-state index contributed by atoms with van der Waals surface area (Å²) in [6.07, 6.45) is 0.681. The maximum atomic E-state index is 14.8. The molecule has 0 aliphatic rings. The summed E-state index contributed by atoms with van der Waals surface area (Å²) in [4.78, 5) is 51.2. The predicted octanol–water partition coefficient (Wildman–Crippen LogP) is 4.52. The molecule has 5 rings (SSSR count). The molecular weight excluding hydrogens is 616 g/mol. The van der Waals surface area contributed by atoms with Crippen molar-refractivity contribution in [2.24, 2.45) is 0 Å². The van der Waals surface area contributed by atoms with Crippen LogP contribution in [0.2, 0.25) is 0 Å². The molecule has 0 atom stereocenters. The molecular formula is C33H33F2N5O5S. The number of carbonyl (C=O) groups excluding carboxylic acids is 1. The van der Waals surface area contributed by atoms with Crippen LogP contribution in [0.4, 0.5) is 14.5 Å². The fraction of sp³-hybridized carbons (Fsp3) is 0.212. The molecule has 3 aromatic carbocycles. The highest BCUT2D eigenvalue weighted by atomic mass is 32.1. The zero-order valence-electron chi connectivity index (χ0n) is 25.4. The number of nitrogens with one attached hydrogen (secondary N) is 2. The lowest BCUT2D eigenvalue weighted by molar-refractivity contribution is -0.138. The minimum absolute atomic E-state index is 0.0751. The molecule has 46 heavy (non-hydrogen) atoms. The summed E-state index contributed by atoms with van der Waals surface area (Å²) in [5.41, 5.74) is 0.747. The molecule has 1 amide bonds. The first-order valence-corrected chi connectivity index (χ1v) is 15.1. The van der Waals surface area contributed by atoms with Gasteiger partial charge in [-0.1, -0.05) is 36.4 Å². The summed E-state index contributed by atoms with van der Waals surface area (Å²) in [5, 5.41) is 15.0. The van der Waals surface area contributed by atoms with E-state index in [1.165, 1.54) is 10.6 Å². The number of halogens is 2. The Balaban J connectivity index is 0.000000892. The van der Waals surface area contributed by atoms with E-state index in [-0.39, 0.29) is 28.9 Å². The first kappa shape index (κ1) is 33.7. The number of benzene rings is 3. The second kappa shape index (κ2) is 15.2. The van der Waals surface area contributed by atoms with E-state index < -0.39 is 35.4 Å². The van der Waals surface area contributed by atoms with E-state index in [0.29, 0.717) is 22.5 Å². The Morgan fingerprint density at radius 2 is 1.63 bits per heavy atom. The maximum absolute atomic E-state index is 14.8. The van der Waals surface area contributed by atoms with E-state index in [0.717, 1.165) is 45.8 Å². The van der Waals surface area contributed by atoms with Crippen LogP contribution in [0.5, 0.6) is 0 Å². The van der Waals surface area contributed by atoms with Gasteiger partial charge in [0.25, 0.3) is 5.56 Å². The van der Waals surface area contributed by atoms with Crippen LogP contribution in [-0.4, -0.2) is 58.7 Å². The van der Waals surface area contributed by atoms with Crippen LogP contribution in [0, 0.1) is 11.6 Å². The lowest BCUT2D eigenvalue weighted by Crippen LogP contribution is -2.39. The molecule has 0 saturated carbocycles. The molecule has 2 heterocycles. The molecule has 0 saturated heterocycles. The molecule has 5 aromatic rings. The fourth-order valence-corrected chi connectivity index (χ4v) is 6.17. The van der Waals surface area contributed by atoms with Crippen molar-refractivity contribution < 1.29 is 23.5 Å². The third-order valence-corrected chi connectivity index (χ3v) is 8.33. The first-order valence-electron chi connectivity index (χ1n) is 14.3. The third-order valence-electron chi connectivity index (χ3n) is 7.02. The van der Waals surface area contributed by atoms with Crippen LogP contribution >= 0.6 is 11.3 Å². The zero-order chi connectivity index (χ0) is 33.4. The highest BCUT2D eigenvalue weighted by Gasteiger charge is 2.26. The molecule has 0 unspecified atom stereocenters. The van der Waals surface area contributed by atoms with Gasteiger partial charge in [-0.15, -0.1) is 11.3 Å². The molecule has 0 aliphatic carbocycles. The fourth-order valence-electron chi connectivity index (χ4n) is 4.87. The Morgan fingerprint density at radius 1 is 0.978 bits per heavy atom. The number of hydrogen-bond acceptors (Lipinski definition) is 7. The van der Waals surface area contributed by atoms with Crippen LogP contribution in [0.25, 0.3) is 26.3 Å². The number of aliphatic carboxylic acids is 1. The van der Waals surface area contributed by atoms with Crippen molar-refractivity contribution in [1.29, 1.82) is 0 Å². The average molecular weight is 650 g/mol. The van der Waals surface area contributed by atoms with Gasteiger partial charge in [-0.2, -0.15) is 0 Å². The number of fused-ring (bicyclic) bond motifs is 1. The van der Waals surface area contributed by atoms with Crippen molar-refractivity contribution in [3.8, 4) is 16.1 Å². The average Bonchev–Trinajstić information content (AvgIpc) is 3.40. The standard InChI is InChI=1S/C30H26F2N4O4S.C3H7NO/c1-33-19-13-11-18(12-14-19)27-22(15-34(2)17-25(37)38)26-28(39)36(20-7-4-3-5-8-20)30(40)35(29(26)41-27)16-21-23(31)9-6-10-24(21)32;1-2-4-3-5/h3-14,33H,15-17H2,1-2H3,(H,37,38);3H,2H2,1H3,(H,4,5). The minimum atomic E-state index is -1.04. The summed E-state index contributed by atoms with van der Waals surface area (Å²) >= 11 is 1.15. The molecule has 0 radical (unpaired) electrons. The number of carbonyl (C=O) groups is 2. The number of aromatic nitrogens is 2. The van der Waals surface area contributed by atoms with Gasteiger partial charge in [-0.25, -0.2) is 18.1 Å². The molecule has 0 spiro atoms. The molecule has 10 nitrogen and oxygen atoms in total. The van der Waals surface area contributed by atoms with E-state index in [2.05, 4.69) is 10.6 Å². The van der Waals surface area contributed by atoms with Gasteiger partial charge in [0.1, 0.15) is 16.5 Å². The second-order valence-corrected chi connectivity index (χ2v) is 11.2. The van der Waals surface area contributed by atoms with Crippen LogP contribution in [0.3, 0.4) is 0 Å². The van der Waals surface area contributed by atoms with Gasteiger partial charge in [0.15, 0.2) is 0 Å².